The van der Waals surface area contributed by atoms with E-state index in [1.165, 1.54) is 12.7 Å². The summed E-state index contributed by atoms with van der Waals surface area (Å²) in [4.78, 5) is 18.6. The lowest BCUT2D eigenvalue weighted by Gasteiger charge is -1.70. The van der Waals surface area contributed by atoms with Gasteiger partial charge in [0.15, 0.2) is 6.39 Å². The molecule has 36 heavy (non-hydrogen) atoms. The Labute approximate surface area is 216 Å². The van der Waals surface area contributed by atoms with E-state index in [0.717, 1.165) is 25.7 Å². The summed E-state index contributed by atoms with van der Waals surface area (Å²) >= 11 is 1.60. The monoisotopic (exact) mass is 501 g/mol. The van der Waals surface area contributed by atoms with Gasteiger partial charge >= 0.3 is 0 Å². The molecule has 0 aromatic carbocycles. The molecule has 8 nitrogen and oxygen atoms in total. The lowest BCUT2D eigenvalue weighted by atomic mass is 10.5. The second kappa shape index (κ2) is 26.9. The summed E-state index contributed by atoms with van der Waals surface area (Å²) in [7, 11) is 0. The summed E-state index contributed by atoms with van der Waals surface area (Å²) in [5, 5.41) is 8.99. The molecule has 1 aliphatic carbocycles. The highest BCUT2D eigenvalue weighted by atomic mass is 32.1. The van der Waals surface area contributed by atoms with Gasteiger partial charge < -0.3 is 4.42 Å². The predicted molar refractivity (Wildman–Crippen MR) is 152 cm³/mol. The average molecular weight is 502 g/mol. The zero-order valence-electron chi connectivity index (χ0n) is 20.1. The maximum Gasteiger partial charge on any atom is 0.180 e. The largest absolute Gasteiger partial charge is 0.452 e. The number of aliphatic imine (C=N–C) groups is 2. The Hall–Kier alpha value is -4.37. The summed E-state index contributed by atoms with van der Waals surface area (Å²) in [5.41, 5.74) is 1.79. The molecule has 186 valence electrons. The van der Waals surface area contributed by atoms with Gasteiger partial charge in [-0.25, -0.2) is 4.98 Å². The first-order valence-electron chi connectivity index (χ1n) is 11.2. The number of allylic oxidation sites excluding steroid dienone is 6. The van der Waals surface area contributed by atoms with Crippen LogP contribution in [0.5, 0.6) is 0 Å². The predicted octanol–water partition coefficient (Wildman–Crippen LogP) is 6.80. The molecule has 0 fully saturated rings. The van der Waals surface area contributed by atoms with Crippen LogP contribution in [0.2, 0.25) is 0 Å². The van der Waals surface area contributed by atoms with Crippen molar-refractivity contribution in [2.24, 2.45) is 20.2 Å². The molecule has 0 saturated carbocycles. The fourth-order valence-corrected chi connectivity index (χ4v) is 2.25. The number of hydrogen-bond acceptors (Lipinski definition) is 9. The highest BCUT2D eigenvalue weighted by Crippen LogP contribution is 1.93. The number of oxazole rings is 1. The molecule has 3 aromatic rings. The average Bonchev–Trinajstić information content (AvgIpc) is 3.81. The van der Waals surface area contributed by atoms with Crippen molar-refractivity contribution in [3.05, 3.63) is 115 Å². The Bertz CT molecular complexity index is 822. The summed E-state index contributed by atoms with van der Waals surface area (Å²) in [5.74, 6) is 0. The zero-order chi connectivity index (χ0) is 25.5. The van der Waals surface area contributed by atoms with Crippen molar-refractivity contribution in [1.82, 2.24) is 15.0 Å². The minimum absolute atomic E-state index is 0.917. The molecule has 0 N–H and O–H groups in total. The van der Waals surface area contributed by atoms with Crippen molar-refractivity contribution in [2.75, 3.05) is 0 Å². The van der Waals surface area contributed by atoms with Gasteiger partial charge in [0.25, 0.3) is 0 Å². The van der Waals surface area contributed by atoms with Crippen LogP contribution in [0.4, 0.5) is 0 Å². The zero-order valence-corrected chi connectivity index (χ0v) is 20.9. The molecular weight excluding hydrogens is 470 g/mol. The Morgan fingerprint density at radius 2 is 1.28 bits per heavy atom. The van der Waals surface area contributed by atoms with E-state index in [2.05, 4.69) is 63.9 Å². The van der Waals surface area contributed by atoms with Crippen LogP contribution in [-0.2, 0) is 0 Å². The molecule has 0 amide bonds. The van der Waals surface area contributed by atoms with E-state index in [1.54, 1.807) is 66.5 Å². The Morgan fingerprint density at radius 3 is 1.44 bits per heavy atom. The fraction of sp³-hybridized carbons (Fsp3) is 0.148. The molecule has 6 heterocycles. The third-order valence-corrected chi connectivity index (χ3v) is 3.96. The highest BCUT2D eigenvalue weighted by molar-refractivity contribution is 7.07. The summed E-state index contributed by atoms with van der Waals surface area (Å²) in [6.45, 7) is 0. The standard InChI is InChI=1S/C5H5N.C5H6.2C4H5N.C3H4N2.C3H3NO.C3H3NS/c1-2-4-6-5-3-1;4*1-2-4-5-3-1;2*1-2-5-3-4-1/h1-5H;1-4H,5H2;2*1,3-4H,2H2;2-3H,1H2;2*1-3H. The normalized spacial score (nSPS) is 13.3. The van der Waals surface area contributed by atoms with Crippen LogP contribution in [0, 0.1) is 0 Å². The van der Waals surface area contributed by atoms with Gasteiger partial charge in [-0.2, -0.15) is 10.2 Å². The number of pyridine rings is 1. The third kappa shape index (κ3) is 24.3. The third-order valence-electron chi connectivity index (χ3n) is 3.43. The highest BCUT2D eigenvalue weighted by Gasteiger charge is 1.75. The van der Waals surface area contributed by atoms with Crippen LogP contribution in [0.1, 0.15) is 25.7 Å². The van der Waals surface area contributed by atoms with E-state index in [1.807, 2.05) is 48.2 Å². The molecule has 3 aromatic heterocycles. The first kappa shape index (κ1) is 29.7. The molecule has 0 saturated heterocycles. The van der Waals surface area contributed by atoms with Gasteiger partial charge in [-0.05, 0) is 18.6 Å². The molecule has 0 spiro atoms. The van der Waals surface area contributed by atoms with Gasteiger partial charge in [-0.15, -0.1) is 11.3 Å². The molecule has 0 unspecified atom stereocenters. The quantitative estimate of drug-likeness (QED) is 0.338. The summed E-state index contributed by atoms with van der Waals surface area (Å²) < 4.78 is 4.47. The molecule has 9 heteroatoms. The number of aromatic nitrogens is 3. The van der Waals surface area contributed by atoms with Crippen molar-refractivity contribution in [3.8, 4) is 0 Å². The van der Waals surface area contributed by atoms with E-state index >= 15 is 0 Å². The van der Waals surface area contributed by atoms with Crippen LogP contribution in [-0.4, -0.2) is 39.8 Å². The summed E-state index contributed by atoms with van der Waals surface area (Å²) in [6.07, 6.45) is 37.1. The smallest absolute Gasteiger partial charge is 0.180 e. The van der Waals surface area contributed by atoms with E-state index in [4.69, 9.17) is 0 Å². The van der Waals surface area contributed by atoms with E-state index in [9.17, 15) is 0 Å². The van der Waals surface area contributed by atoms with E-state index < -0.39 is 0 Å². The lowest BCUT2D eigenvalue weighted by Crippen LogP contribution is -1.60. The molecule has 0 atom stereocenters. The van der Waals surface area contributed by atoms with Gasteiger partial charge in [0, 0.05) is 80.5 Å². The SMILES string of the molecule is C1=CCC=C1.C1=CN=CC1.C1=CN=CC1.C1=NN=CC1.c1ccncc1.c1cocn1.c1cscn1. The van der Waals surface area contributed by atoms with Crippen molar-refractivity contribution in [3.63, 3.8) is 0 Å². The van der Waals surface area contributed by atoms with Gasteiger partial charge in [0.2, 0.25) is 0 Å². The van der Waals surface area contributed by atoms with Gasteiger partial charge in [-0.3, -0.25) is 20.0 Å². The van der Waals surface area contributed by atoms with Crippen LogP contribution < -0.4 is 0 Å². The molecule has 0 radical (unpaired) electrons. The second-order valence-electron chi connectivity index (χ2n) is 6.20. The van der Waals surface area contributed by atoms with E-state index in [-0.39, 0.29) is 0 Å². The van der Waals surface area contributed by atoms with Crippen LogP contribution in [0.3, 0.4) is 0 Å². The minimum Gasteiger partial charge on any atom is -0.452 e. The maximum absolute atomic E-state index is 4.47. The van der Waals surface area contributed by atoms with Gasteiger partial charge in [0.1, 0.15) is 6.26 Å². The summed E-state index contributed by atoms with van der Waals surface area (Å²) in [6, 6.07) is 5.72. The lowest BCUT2D eigenvalue weighted by molar-refractivity contribution is 0.558. The molecular formula is C27H31N7OS. The Kier molecular flexibility index (Phi) is 22.1. The first-order chi connectivity index (χ1) is 18.0. The number of rotatable bonds is 0. The second-order valence-corrected chi connectivity index (χ2v) is 6.96. The van der Waals surface area contributed by atoms with Crippen molar-refractivity contribution in [1.29, 1.82) is 0 Å². The van der Waals surface area contributed by atoms with Gasteiger partial charge in [-0.1, -0.05) is 42.5 Å². The fourth-order valence-electron chi connectivity index (χ4n) is 1.90. The Balaban J connectivity index is 0.000000210. The van der Waals surface area contributed by atoms with Crippen molar-refractivity contribution < 1.29 is 4.42 Å². The molecule has 7 rings (SSSR count). The van der Waals surface area contributed by atoms with Gasteiger partial charge in [0.05, 0.1) is 11.7 Å². The van der Waals surface area contributed by atoms with Crippen LogP contribution in [0.25, 0.3) is 0 Å². The minimum atomic E-state index is 0.917. The van der Waals surface area contributed by atoms with Crippen LogP contribution in [0.15, 0.2) is 140 Å². The van der Waals surface area contributed by atoms with E-state index in [0.29, 0.717) is 0 Å². The topological polar surface area (TPSA) is 101 Å². The Morgan fingerprint density at radius 1 is 0.583 bits per heavy atom. The van der Waals surface area contributed by atoms with Crippen molar-refractivity contribution in [2.45, 2.75) is 25.7 Å². The number of thiazole rings is 1. The molecule has 0 bridgehead atoms. The number of nitrogens with zero attached hydrogens (tertiary/aromatic N) is 7. The van der Waals surface area contributed by atoms with Crippen LogP contribution >= 0.6 is 11.3 Å². The number of hydrogen-bond donors (Lipinski definition) is 0. The molecule has 3 aliphatic heterocycles. The van der Waals surface area contributed by atoms with Crippen molar-refractivity contribution >= 4 is 36.2 Å². The maximum atomic E-state index is 4.47. The first-order valence-corrected chi connectivity index (χ1v) is 12.1. The molecule has 4 aliphatic rings.